The van der Waals surface area contributed by atoms with Crippen LogP contribution in [0, 0.1) is 0 Å². The zero-order valence-corrected chi connectivity index (χ0v) is 44.1. The lowest BCUT2D eigenvalue weighted by molar-refractivity contribution is -0.167. The van der Waals surface area contributed by atoms with Crippen molar-refractivity contribution in [2.45, 2.75) is 252 Å². The van der Waals surface area contributed by atoms with Crippen molar-refractivity contribution in [2.24, 2.45) is 0 Å². The molecule has 0 radical (unpaired) electrons. The van der Waals surface area contributed by atoms with Crippen LogP contribution >= 0.6 is 0 Å². The van der Waals surface area contributed by atoms with Gasteiger partial charge in [-0.25, -0.2) is 0 Å². The number of carbonyl (C=O) groups is 3. The quantitative estimate of drug-likeness (QED) is 0.0199. The molecule has 0 amide bonds. The second-order valence-corrected chi connectivity index (χ2v) is 18.2. The zero-order valence-electron chi connectivity index (χ0n) is 44.1. The molecule has 1 atom stereocenters. The predicted octanol–water partition coefficient (Wildman–Crippen LogP) is 18.7. The summed E-state index contributed by atoms with van der Waals surface area (Å²) < 4.78 is 16.8. The maximum Gasteiger partial charge on any atom is 0.306 e. The van der Waals surface area contributed by atoms with Gasteiger partial charge in [-0.1, -0.05) is 259 Å². The molecule has 0 aliphatic carbocycles. The van der Waals surface area contributed by atoms with Gasteiger partial charge >= 0.3 is 17.9 Å². The molecule has 0 aliphatic rings. The molecule has 0 heterocycles. The van der Waals surface area contributed by atoms with Gasteiger partial charge in [-0.3, -0.25) is 14.4 Å². The Morgan fingerprint density at radius 3 is 1.07 bits per heavy atom. The predicted molar refractivity (Wildman–Crippen MR) is 293 cm³/mol. The summed E-state index contributed by atoms with van der Waals surface area (Å²) in [5.41, 5.74) is 0. The van der Waals surface area contributed by atoms with Crippen molar-refractivity contribution in [3.63, 3.8) is 0 Å². The molecular weight excluding hydrogens is 841 g/mol. The molecule has 6 nitrogen and oxygen atoms in total. The molecular formula is C62H102O6. The van der Waals surface area contributed by atoms with Crippen LogP contribution in [0.15, 0.2) is 109 Å². The fourth-order valence-corrected chi connectivity index (χ4v) is 7.51. The van der Waals surface area contributed by atoms with E-state index in [-0.39, 0.29) is 37.5 Å². The van der Waals surface area contributed by atoms with Crippen LogP contribution in [0.4, 0.5) is 0 Å². The second-order valence-electron chi connectivity index (χ2n) is 18.2. The van der Waals surface area contributed by atoms with Gasteiger partial charge in [0.25, 0.3) is 0 Å². The van der Waals surface area contributed by atoms with Crippen molar-refractivity contribution >= 4 is 17.9 Å². The molecule has 0 rings (SSSR count). The Balaban J connectivity index is 4.47. The molecule has 6 heteroatoms. The van der Waals surface area contributed by atoms with E-state index in [1.165, 1.54) is 103 Å². The summed E-state index contributed by atoms with van der Waals surface area (Å²) in [6, 6.07) is 0. The van der Waals surface area contributed by atoms with Crippen LogP contribution in [0.25, 0.3) is 0 Å². The zero-order chi connectivity index (χ0) is 49.3. The fourth-order valence-electron chi connectivity index (χ4n) is 7.51. The Kier molecular flexibility index (Phi) is 52.4. The summed E-state index contributed by atoms with van der Waals surface area (Å²) in [7, 11) is 0. The molecule has 0 N–H and O–H groups in total. The van der Waals surface area contributed by atoms with E-state index in [9.17, 15) is 14.4 Å². The Morgan fingerprint density at radius 2 is 0.647 bits per heavy atom. The summed E-state index contributed by atoms with van der Waals surface area (Å²) >= 11 is 0. The lowest BCUT2D eigenvalue weighted by Crippen LogP contribution is -2.30. The smallest absolute Gasteiger partial charge is 0.306 e. The largest absolute Gasteiger partial charge is 0.462 e. The van der Waals surface area contributed by atoms with Gasteiger partial charge in [0, 0.05) is 19.3 Å². The molecule has 0 aromatic heterocycles. The molecule has 0 bridgehead atoms. The number of hydrogen-bond acceptors (Lipinski definition) is 6. The lowest BCUT2D eigenvalue weighted by Gasteiger charge is -2.18. The standard InChI is InChI=1S/C62H102O6/c1-4-7-10-13-16-19-22-25-28-30-31-32-35-37-40-43-46-49-52-55-61(64)67-58-59(57-66-60(63)54-51-48-45-42-39-36-33-27-24-21-18-15-12-9-6-3)68-62(65)56-53-50-47-44-41-38-34-29-26-23-20-17-14-11-8-5-2/h8-9,11-12,15,17-18,20-21,24,26-27,29,33,36,38-39,41,59H,4-7,10,13-14,16,19,22-23,25,28,30-32,34-35,37,40,42-58H2,1-3H3/b11-8-,12-9-,18-15-,20-17-,24-21-,29-26-,33-27-,39-36-,41-38-. The van der Waals surface area contributed by atoms with Gasteiger partial charge in [0.1, 0.15) is 13.2 Å². The molecule has 0 aromatic carbocycles. The minimum Gasteiger partial charge on any atom is -0.462 e. The average molecular weight is 943 g/mol. The third kappa shape index (κ3) is 53.0. The maximum atomic E-state index is 12.8. The summed E-state index contributed by atoms with van der Waals surface area (Å²) in [5.74, 6) is -0.978. The topological polar surface area (TPSA) is 78.9 Å². The molecule has 68 heavy (non-hydrogen) atoms. The molecule has 0 saturated heterocycles. The number of esters is 3. The summed E-state index contributed by atoms with van der Waals surface area (Å²) in [6.07, 6.45) is 75.1. The first-order valence-electron chi connectivity index (χ1n) is 28.0. The highest BCUT2D eigenvalue weighted by molar-refractivity contribution is 5.71. The van der Waals surface area contributed by atoms with E-state index < -0.39 is 6.10 Å². The highest BCUT2D eigenvalue weighted by Crippen LogP contribution is 2.16. The Morgan fingerprint density at radius 1 is 0.324 bits per heavy atom. The number of rotatable bonds is 49. The van der Waals surface area contributed by atoms with E-state index in [1.807, 2.05) is 48.6 Å². The molecule has 0 aromatic rings. The maximum absolute atomic E-state index is 12.8. The van der Waals surface area contributed by atoms with Gasteiger partial charge in [0.15, 0.2) is 6.10 Å². The van der Waals surface area contributed by atoms with E-state index in [0.29, 0.717) is 12.8 Å². The third-order valence-corrected chi connectivity index (χ3v) is 11.7. The summed E-state index contributed by atoms with van der Waals surface area (Å²) in [4.78, 5) is 38.1. The van der Waals surface area contributed by atoms with Gasteiger partial charge in [0.05, 0.1) is 0 Å². The normalized spacial score (nSPS) is 12.9. The van der Waals surface area contributed by atoms with E-state index >= 15 is 0 Å². The van der Waals surface area contributed by atoms with E-state index in [1.54, 1.807) is 0 Å². The number of allylic oxidation sites excluding steroid dienone is 18. The van der Waals surface area contributed by atoms with Crippen LogP contribution < -0.4 is 0 Å². The molecule has 386 valence electrons. The van der Waals surface area contributed by atoms with E-state index in [4.69, 9.17) is 14.2 Å². The number of ether oxygens (including phenoxy) is 3. The molecule has 0 aliphatic heterocycles. The van der Waals surface area contributed by atoms with Crippen molar-refractivity contribution in [1.82, 2.24) is 0 Å². The van der Waals surface area contributed by atoms with Crippen LogP contribution in [0.2, 0.25) is 0 Å². The first kappa shape index (κ1) is 64.1. The molecule has 0 fully saturated rings. The Labute approximate surface area is 419 Å². The monoisotopic (exact) mass is 943 g/mol. The minimum atomic E-state index is -0.813. The van der Waals surface area contributed by atoms with Gasteiger partial charge in [-0.15, -0.1) is 0 Å². The first-order valence-corrected chi connectivity index (χ1v) is 28.0. The minimum absolute atomic E-state index is 0.105. The van der Waals surface area contributed by atoms with Crippen molar-refractivity contribution in [2.75, 3.05) is 13.2 Å². The highest BCUT2D eigenvalue weighted by atomic mass is 16.6. The SMILES string of the molecule is CC\C=C/C=C\C=C/C=C\C=C/CCCCCC(=O)OCC(COC(=O)CCCCCCCCCCCCCCCCCCCCC)OC(=O)CCCCC/C=C\C/C=C\C/C=C\C/C=C\CC. The van der Waals surface area contributed by atoms with Gasteiger partial charge in [-0.05, 0) is 77.0 Å². The molecule has 0 spiro atoms. The molecule has 1 unspecified atom stereocenters. The fraction of sp³-hybridized carbons (Fsp3) is 0.661. The Hall–Kier alpha value is -3.93. The van der Waals surface area contributed by atoms with Crippen molar-refractivity contribution in [3.8, 4) is 0 Å². The van der Waals surface area contributed by atoms with Gasteiger partial charge in [-0.2, -0.15) is 0 Å². The summed E-state index contributed by atoms with van der Waals surface area (Å²) in [6.45, 7) is 6.33. The number of hydrogen-bond donors (Lipinski definition) is 0. The van der Waals surface area contributed by atoms with Crippen LogP contribution in [0.1, 0.15) is 245 Å². The number of carbonyl (C=O) groups excluding carboxylic acids is 3. The van der Waals surface area contributed by atoms with Crippen LogP contribution in [0.5, 0.6) is 0 Å². The first-order chi connectivity index (χ1) is 33.5. The van der Waals surface area contributed by atoms with E-state index in [2.05, 4.69) is 81.5 Å². The van der Waals surface area contributed by atoms with Crippen molar-refractivity contribution < 1.29 is 28.6 Å². The van der Waals surface area contributed by atoms with Gasteiger partial charge < -0.3 is 14.2 Å². The lowest BCUT2D eigenvalue weighted by atomic mass is 10.0. The summed E-state index contributed by atoms with van der Waals surface area (Å²) in [5, 5.41) is 0. The Bertz CT molecular complexity index is 1410. The molecule has 0 saturated carbocycles. The van der Waals surface area contributed by atoms with Crippen molar-refractivity contribution in [3.05, 3.63) is 109 Å². The number of unbranched alkanes of at least 4 members (excludes halogenated alkanes) is 24. The third-order valence-electron chi connectivity index (χ3n) is 11.7. The highest BCUT2D eigenvalue weighted by Gasteiger charge is 2.19. The van der Waals surface area contributed by atoms with Crippen LogP contribution in [-0.2, 0) is 28.6 Å². The second kappa shape index (κ2) is 55.7. The average Bonchev–Trinajstić information content (AvgIpc) is 3.34. The van der Waals surface area contributed by atoms with Gasteiger partial charge in [0.2, 0.25) is 0 Å². The van der Waals surface area contributed by atoms with Crippen LogP contribution in [-0.4, -0.2) is 37.2 Å². The van der Waals surface area contributed by atoms with Crippen molar-refractivity contribution in [1.29, 1.82) is 0 Å². The van der Waals surface area contributed by atoms with Crippen LogP contribution in [0.3, 0.4) is 0 Å². The van der Waals surface area contributed by atoms with E-state index in [0.717, 1.165) is 103 Å².